The molecular weight excluding hydrogens is 248 g/mol. The fourth-order valence-corrected chi connectivity index (χ4v) is 1.27. The Morgan fingerprint density at radius 2 is 2.14 bits per heavy atom. The summed E-state index contributed by atoms with van der Waals surface area (Å²) in [6, 6.07) is 5.26. The van der Waals surface area contributed by atoms with Gasteiger partial charge in [-0.3, -0.25) is 4.79 Å². The van der Waals surface area contributed by atoms with Crippen molar-refractivity contribution in [1.29, 1.82) is 0 Å². The second kappa shape index (κ2) is 5.00. The predicted molar refractivity (Wildman–Crippen MR) is 56.6 cm³/mol. The largest absolute Gasteiger partial charge is 0.493 e. The Kier molecular flexibility index (Phi) is 3.95. The summed E-state index contributed by atoms with van der Waals surface area (Å²) in [7, 11) is 1.53. The summed E-state index contributed by atoms with van der Waals surface area (Å²) in [4.78, 5) is 11.1. The van der Waals surface area contributed by atoms with Gasteiger partial charge in [-0.1, -0.05) is 22.9 Å². The van der Waals surface area contributed by atoms with E-state index in [1.165, 1.54) is 7.11 Å². The minimum Gasteiger partial charge on any atom is -0.493 e. The topological polar surface area (TPSA) is 35.5 Å². The van der Waals surface area contributed by atoms with Crippen molar-refractivity contribution in [2.75, 3.05) is 7.11 Å². The zero-order valence-corrected chi connectivity index (χ0v) is 9.63. The third-order valence-corrected chi connectivity index (χ3v) is 2.13. The number of halogens is 1. The van der Waals surface area contributed by atoms with Crippen molar-refractivity contribution < 1.29 is 14.3 Å². The van der Waals surface area contributed by atoms with Gasteiger partial charge in [-0.25, -0.2) is 0 Å². The average Bonchev–Trinajstić information content (AvgIpc) is 2.18. The lowest BCUT2D eigenvalue weighted by molar-refractivity contribution is -0.134. The van der Waals surface area contributed by atoms with Crippen molar-refractivity contribution in [3.05, 3.63) is 22.7 Å². The highest BCUT2D eigenvalue weighted by Gasteiger charge is 2.08. The first kappa shape index (κ1) is 11.0. The van der Waals surface area contributed by atoms with Crippen LogP contribution in [-0.2, 0) is 4.79 Å². The molecule has 0 atom stereocenters. The van der Waals surface area contributed by atoms with E-state index in [0.29, 0.717) is 17.9 Å². The summed E-state index contributed by atoms with van der Waals surface area (Å²) in [5.74, 6) is 0.713. The average molecular weight is 259 g/mol. The van der Waals surface area contributed by atoms with E-state index < -0.39 is 0 Å². The van der Waals surface area contributed by atoms with Gasteiger partial charge >= 0.3 is 5.97 Å². The Hall–Kier alpha value is -1.03. The van der Waals surface area contributed by atoms with Gasteiger partial charge in [-0.2, -0.15) is 0 Å². The Balaban J connectivity index is 2.93. The molecule has 0 radical (unpaired) electrons. The van der Waals surface area contributed by atoms with Crippen LogP contribution < -0.4 is 9.47 Å². The van der Waals surface area contributed by atoms with Crippen LogP contribution in [-0.4, -0.2) is 13.1 Å². The molecule has 0 aromatic heterocycles. The van der Waals surface area contributed by atoms with Crippen LogP contribution in [0.5, 0.6) is 11.5 Å². The van der Waals surface area contributed by atoms with Crippen LogP contribution in [0.15, 0.2) is 22.7 Å². The van der Waals surface area contributed by atoms with E-state index >= 15 is 0 Å². The summed E-state index contributed by atoms with van der Waals surface area (Å²) in [5.41, 5.74) is 0. The molecule has 0 aliphatic heterocycles. The van der Waals surface area contributed by atoms with Crippen molar-refractivity contribution >= 4 is 21.9 Å². The molecule has 1 rings (SSSR count). The number of carbonyl (C=O) groups is 1. The molecule has 3 nitrogen and oxygen atoms in total. The Labute approximate surface area is 91.1 Å². The van der Waals surface area contributed by atoms with Crippen LogP contribution in [0, 0.1) is 0 Å². The summed E-state index contributed by atoms with van der Waals surface area (Å²) in [6.45, 7) is 1.74. The molecule has 0 unspecified atom stereocenters. The Bertz CT molecular complexity index is 336. The van der Waals surface area contributed by atoms with E-state index in [2.05, 4.69) is 15.9 Å². The number of carbonyl (C=O) groups excluding carboxylic acids is 1. The van der Waals surface area contributed by atoms with Crippen LogP contribution in [0.2, 0.25) is 0 Å². The minimum atomic E-state index is -0.276. The minimum absolute atomic E-state index is 0.276. The van der Waals surface area contributed by atoms with Crippen LogP contribution in [0.3, 0.4) is 0 Å². The maximum atomic E-state index is 11.1. The van der Waals surface area contributed by atoms with E-state index in [-0.39, 0.29) is 5.97 Å². The molecule has 4 heteroatoms. The molecule has 0 spiro atoms. The fourth-order valence-electron chi connectivity index (χ4n) is 0.925. The fraction of sp³-hybridized carbons (Fsp3) is 0.300. The van der Waals surface area contributed by atoms with Gasteiger partial charge in [0.05, 0.1) is 7.11 Å². The van der Waals surface area contributed by atoms with Crippen LogP contribution in [0.4, 0.5) is 0 Å². The SMILES string of the molecule is CCC(=O)Oc1cc(Br)ccc1OC. The summed E-state index contributed by atoms with van der Waals surface area (Å²) < 4.78 is 11.0. The third kappa shape index (κ3) is 2.73. The number of ether oxygens (including phenoxy) is 2. The zero-order chi connectivity index (χ0) is 10.6. The zero-order valence-electron chi connectivity index (χ0n) is 8.04. The van der Waals surface area contributed by atoms with E-state index in [1.807, 2.05) is 6.07 Å². The van der Waals surface area contributed by atoms with Gasteiger partial charge in [0.15, 0.2) is 11.5 Å². The van der Waals surface area contributed by atoms with Gasteiger partial charge in [0.1, 0.15) is 0 Å². The maximum Gasteiger partial charge on any atom is 0.311 e. The number of esters is 1. The van der Waals surface area contributed by atoms with E-state index in [0.717, 1.165) is 4.47 Å². The standard InChI is InChI=1S/C10H11BrO3/c1-3-10(12)14-9-6-7(11)4-5-8(9)13-2/h4-6H,3H2,1-2H3. The summed E-state index contributed by atoms with van der Waals surface area (Å²) in [6.07, 6.45) is 0.343. The summed E-state index contributed by atoms with van der Waals surface area (Å²) in [5, 5.41) is 0. The van der Waals surface area contributed by atoms with E-state index in [4.69, 9.17) is 9.47 Å². The van der Waals surface area contributed by atoms with E-state index in [1.54, 1.807) is 19.1 Å². The molecule has 0 aliphatic rings. The van der Waals surface area contributed by atoms with Crippen molar-refractivity contribution in [3.63, 3.8) is 0 Å². The van der Waals surface area contributed by atoms with E-state index in [9.17, 15) is 4.79 Å². The first-order valence-corrected chi connectivity index (χ1v) is 5.01. The molecule has 0 aliphatic carbocycles. The lowest BCUT2D eigenvalue weighted by Gasteiger charge is -2.08. The molecule has 0 saturated carbocycles. The van der Waals surface area contributed by atoms with Crippen molar-refractivity contribution in [3.8, 4) is 11.5 Å². The molecular formula is C10H11BrO3. The van der Waals surface area contributed by atoms with Gasteiger partial charge in [-0.05, 0) is 18.2 Å². The van der Waals surface area contributed by atoms with Gasteiger partial charge in [0.25, 0.3) is 0 Å². The molecule has 14 heavy (non-hydrogen) atoms. The molecule has 0 fully saturated rings. The maximum absolute atomic E-state index is 11.1. The third-order valence-electron chi connectivity index (χ3n) is 1.64. The summed E-state index contributed by atoms with van der Waals surface area (Å²) >= 11 is 3.29. The molecule has 0 N–H and O–H groups in total. The first-order chi connectivity index (χ1) is 6.67. The van der Waals surface area contributed by atoms with Gasteiger partial charge in [0.2, 0.25) is 0 Å². The molecule has 0 amide bonds. The van der Waals surface area contributed by atoms with Crippen molar-refractivity contribution in [2.24, 2.45) is 0 Å². The van der Waals surface area contributed by atoms with Gasteiger partial charge < -0.3 is 9.47 Å². The second-order valence-corrected chi connectivity index (χ2v) is 3.54. The first-order valence-electron chi connectivity index (χ1n) is 4.21. The second-order valence-electron chi connectivity index (χ2n) is 2.62. The smallest absolute Gasteiger partial charge is 0.311 e. The number of hydrogen-bond acceptors (Lipinski definition) is 3. The number of rotatable bonds is 3. The number of methoxy groups -OCH3 is 1. The monoisotopic (exact) mass is 258 g/mol. The van der Waals surface area contributed by atoms with Crippen LogP contribution in [0.1, 0.15) is 13.3 Å². The number of hydrogen-bond donors (Lipinski definition) is 0. The predicted octanol–water partition coefficient (Wildman–Crippen LogP) is 2.77. The molecule has 0 heterocycles. The highest BCUT2D eigenvalue weighted by Crippen LogP contribution is 2.30. The lowest BCUT2D eigenvalue weighted by Crippen LogP contribution is -2.06. The Morgan fingerprint density at radius 1 is 1.43 bits per heavy atom. The molecule has 0 bridgehead atoms. The van der Waals surface area contributed by atoms with Crippen LogP contribution in [0.25, 0.3) is 0 Å². The number of benzene rings is 1. The van der Waals surface area contributed by atoms with Crippen LogP contribution >= 0.6 is 15.9 Å². The molecule has 1 aromatic carbocycles. The highest BCUT2D eigenvalue weighted by molar-refractivity contribution is 9.10. The lowest BCUT2D eigenvalue weighted by atomic mass is 10.3. The normalized spacial score (nSPS) is 9.64. The van der Waals surface area contributed by atoms with Crippen molar-refractivity contribution in [1.82, 2.24) is 0 Å². The molecule has 1 aromatic rings. The molecule has 76 valence electrons. The van der Waals surface area contributed by atoms with Crippen molar-refractivity contribution in [2.45, 2.75) is 13.3 Å². The van der Waals surface area contributed by atoms with Gasteiger partial charge in [-0.15, -0.1) is 0 Å². The highest BCUT2D eigenvalue weighted by atomic mass is 79.9. The van der Waals surface area contributed by atoms with Gasteiger partial charge in [0, 0.05) is 10.9 Å². The molecule has 0 saturated heterocycles. The Morgan fingerprint density at radius 3 is 2.71 bits per heavy atom. The quantitative estimate of drug-likeness (QED) is 0.618.